The van der Waals surface area contributed by atoms with Crippen LogP contribution in [0.25, 0.3) is 11.0 Å². The maximum Gasteiger partial charge on any atom is 0.232 e. The highest BCUT2D eigenvalue weighted by Crippen LogP contribution is 2.31. The normalized spacial score (nSPS) is 18.1. The second-order valence-corrected chi connectivity index (χ2v) is 5.08. The van der Waals surface area contributed by atoms with Crippen molar-refractivity contribution in [2.75, 3.05) is 25.1 Å². The molecule has 2 heterocycles. The molecular weight excluding hydrogens is 258 g/mol. The lowest BCUT2D eigenvalue weighted by Crippen LogP contribution is -2.46. The Morgan fingerprint density at radius 1 is 1.35 bits per heavy atom. The molecule has 7 nitrogen and oxygen atoms in total. The summed E-state index contributed by atoms with van der Waals surface area (Å²) in [6.45, 7) is 1.48. The minimum absolute atomic E-state index is 0.0499. The van der Waals surface area contributed by atoms with Crippen LogP contribution in [0.4, 0.5) is 5.69 Å². The summed E-state index contributed by atoms with van der Waals surface area (Å²) in [6.07, 6.45) is 1.31. The topological polar surface area (TPSA) is 106 Å². The zero-order chi connectivity index (χ0) is 14.0. The van der Waals surface area contributed by atoms with Gasteiger partial charge in [0.05, 0.1) is 5.41 Å². The third kappa shape index (κ3) is 2.25. The van der Waals surface area contributed by atoms with Crippen LogP contribution in [-0.4, -0.2) is 41.1 Å². The van der Waals surface area contributed by atoms with Crippen LogP contribution in [0.5, 0.6) is 0 Å². The number of ether oxygens (including phenoxy) is 1. The molecule has 1 aromatic carbocycles. The molecule has 2 aromatic rings. The van der Waals surface area contributed by atoms with Crippen LogP contribution >= 0.6 is 0 Å². The molecule has 1 aromatic heterocycles. The summed E-state index contributed by atoms with van der Waals surface area (Å²) in [5.74, 6) is -0.0499. The average Bonchev–Trinajstić information content (AvgIpc) is 2.95. The molecule has 3 rings (SSSR count). The van der Waals surface area contributed by atoms with Crippen molar-refractivity contribution in [2.24, 2.45) is 11.1 Å². The van der Waals surface area contributed by atoms with Gasteiger partial charge in [0.2, 0.25) is 5.91 Å². The summed E-state index contributed by atoms with van der Waals surface area (Å²) in [7, 11) is 0. The van der Waals surface area contributed by atoms with Gasteiger partial charge in [-0.3, -0.25) is 4.79 Å². The number of carbonyl (C=O) groups excluding carboxylic acids is 1. The SMILES string of the molecule is NCC1(C(=O)Nc2ccc3n[nH]nc3c2)CCOCC1. The molecule has 0 spiro atoms. The summed E-state index contributed by atoms with van der Waals surface area (Å²) in [6, 6.07) is 5.42. The number of hydrogen-bond donors (Lipinski definition) is 3. The molecule has 106 valence electrons. The summed E-state index contributed by atoms with van der Waals surface area (Å²) >= 11 is 0. The Kier molecular flexibility index (Phi) is 3.37. The first-order chi connectivity index (χ1) is 9.73. The molecule has 0 saturated carbocycles. The largest absolute Gasteiger partial charge is 0.381 e. The first-order valence-electron chi connectivity index (χ1n) is 6.63. The zero-order valence-electron chi connectivity index (χ0n) is 11.1. The number of benzene rings is 1. The van der Waals surface area contributed by atoms with Crippen molar-refractivity contribution < 1.29 is 9.53 Å². The fourth-order valence-corrected chi connectivity index (χ4v) is 2.47. The lowest BCUT2D eigenvalue weighted by Gasteiger charge is -2.34. The van der Waals surface area contributed by atoms with Crippen molar-refractivity contribution in [2.45, 2.75) is 12.8 Å². The summed E-state index contributed by atoms with van der Waals surface area (Å²) in [5, 5.41) is 13.5. The Morgan fingerprint density at radius 2 is 2.10 bits per heavy atom. The zero-order valence-corrected chi connectivity index (χ0v) is 11.1. The molecular formula is C13H17N5O2. The van der Waals surface area contributed by atoms with Crippen molar-refractivity contribution in [3.63, 3.8) is 0 Å². The van der Waals surface area contributed by atoms with Gasteiger partial charge in [-0.2, -0.15) is 15.4 Å². The number of amides is 1. The van der Waals surface area contributed by atoms with E-state index in [1.807, 2.05) is 12.1 Å². The van der Waals surface area contributed by atoms with Crippen LogP contribution < -0.4 is 11.1 Å². The lowest BCUT2D eigenvalue weighted by molar-refractivity contribution is -0.130. The quantitative estimate of drug-likeness (QED) is 0.762. The van der Waals surface area contributed by atoms with Gasteiger partial charge >= 0.3 is 0 Å². The molecule has 0 atom stereocenters. The number of hydrogen-bond acceptors (Lipinski definition) is 5. The fraction of sp³-hybridized carbons (Fsp3) is 0.462. The summed E-state index contributed by atoms with van der Waals surface area (Å²) < 4.78 is 5.32. The molecule has 0 bridgehead atoms. The highest BCUT2D eigenvalue weighted by atomic mass is 16.5. The Hall–Kier alpha value is -1.99. The summed E-state index contributed by atoms with van der Waals surface area (Å²) in [4.78, 5) is 12.5. The van der Waals surface area contributed by atoms with Crippen molar-refractivity contribution in [3.05, 3.63) is 18.2 Å². The number of fused-ring (bicyclic) bond motifs is 1. The number of aromatic amines is 1. The Morgan fingerprint density at radius 3 is 2.85 bits per heavy atom. The van der Waals surface area contributed by atoms with Crippen LogP contribution in [0, 0.1) is 5.41 Å². The fourth-order valence-electron chi connectivity index (χ4n) is 2.47. The average molecular weight is 275 g/mol. The summed E-state index contributed by atoms with van der Waals surface area (Å²) in [5.41, 5.74) is 7.48. The van der Waals surface area contributed by atoms with E-state index in [2.05, 4.69) is 20.7 Å². The number of nitrogens with two attached hydrogens (primary N) is 1. The third-order valence-electron chi connectivity index (χ3n) is 3.90. The standard InChI is InChI=1S/C13H17N5O2/c14-8-13(3-5-20-6-4-13)12(19)15-9-1-2-10-11(7-9)17-18-16-10/h1-2,7H,3-6,8,14H2,(H,15,19)(H,16,17,18). The van der Waals surface area contributed by atoms with Crippen LogP contribution in [0.1, 0.15) is 12.8 Å². The molecule has 1 saturated heterocycles. The van der Waals surface area contributed by atoms with E-state index in [1.165, 1.54) is 0 Å². The highest BCUT2D eigenvalue weighted by molar-refractivity contribution is 5.97. The highest BCUT2D eigenvalue weighted by Gasteiger charge is 2.38. The van der Waals surface area contributed by atoms with Gasteiger partial charge < -0.3 is 15.8 Å². The molecule has 0 radical (unpaired) electrons. The Balaban J connectivity index is 1.80. The number of anilines is 1. The molecule has 20 heavy (non-hydrogen) atoms. The number of rotatable bonds is 3. The van der Waals surface area contributed by atoms with Gasteiger partial charge in [0, 0.05) is 25.4 Å². The minimum Gasteiger partial charge on any atom is -0.381 e. The third-order valence-corrected chi connectivity index (χ3v) is 3.90. The number of aromatic nitrogens is 3. The van der Waals surface area contributed by atoms with Crippen molar-refractivity contribution in [1.82, 2.24) is 15.4 Å². The van der Waals surface area contributed by atoms with E-state index in [9.17, 15) is 4.79 Å². The lowest BCUT2D eigenvalue weighted by atomic mass is 9.79. The minimum atomic E-state index is -0.531. The van der Waals surface area contributed by atoms with E-state index >= 15 is 0 Å². The van der Waals surface area contributed by atoms with Crippen LogP contribution in [0.2, 0.25) is 0 Å². The van der Waals surface area contributed by atoms with E-state index in [1.54, 1.807) is 6.07 Å². The number of H-pyrrole nitrogens is 1. The predicted molar refractivity (Wildman–Crippen MR) is 74.1 cm³/mol. The van der Waals surface area contributed by atoms with Gasteiger partial charge in [0.25, 0.3) is 0 Å². The molecule has 7 heteroatoms. The molecule has 0 unspecified atom stereocenters. The molecule has 1 aliphatic heterocycles. The van der Waals surface area contributed by atoms with E-state index < -0.39 is 5.41 Å². The monoisotopic (exact) mass is 275 g/mol. The van der Waals surface area contributed by atoms with Crippen LogP contribution in [0.3, 0.4) is 0 Å². The maximum absolute atomic E-state index is 12.5. The van der Waals surface area contributed by atoms with Gasteiger partial charge in [-0.1, -0.05) is 0 Å². The Labute approximate surface area is 115 Å². The number of nitrogens with zero attached hydrogens (tertiary/aromatic N) is 2. The van der Waals surface area contributed by atoms with E-state index in [0.29, 0.717) is 38.3 Å². The van der Waals surface area contributed by atoms with Gasteiger partial charge in [-0.05, 0) is 31.0 Å². The maximum atomic E-state index is 12.5. The second kappa shape index (κ2) is 5.18. The molecule has 1 amide bonds. The number of nitrogens with one attached hydrogen (secondary N) is 2. The van der Waals surface area contributed by atoms with E-state index in [4.69, 9.17) is 10.5 Å². The van der Waals surface area contributed by atoms with E-state index in [0.717, 1.165) is 11.0 Å². The molecule has 4 N–H and O–H groups in total. The predicted octanol–water partition coefficient (Wildman–Crippen LogP) is 0.652. The Bertz CT molecular complexity index is 618. The number of carbonyl (C=O) groups is 1. The van der Waals surface area contributed by atoms with Crippen molar-refractivity contribution in [3.8, 4) is 0 Å². The van der Waals surface area contributed by atoms with Gasteiger partial charge in [-0.25, -0.2) is 0 Å². The van der Waals surface area contributed by atoms with Crippen molar-refractivity contribution >= 4 is 22.6 Å². The smallest absolute Gasteiger partial charge is 0.232 e. The molecule has 1 fully saturated rings. The first-order valence-corrected chi connectivity index (χ1v) is 6.63. The molecule has 1 aliphatic rings. The van der Waals surface area contributed by atoms with E-state index in [-0.39, 0.29) is 5.91 Å². The van der Waals surface area contributed by atoms with Crippen LogP contribution in [-0.2, 0) is 9.53 Å². The van der Waals surface area contributed by atoms with Crippen LogP contribution in [0.15, 0.2) is 18.2 Å². The van der Waals surface area contributed by atoms with Gasteiger partial charge in [0.15, 0.2) is 0 Å². The second-order valence-electron chi connectivity index (χ2n) is 5.08. The van der Waals surface area contributed by atoms with Crippen molar-refractivity contribution in [1.29, 1.82) is 0 Å². The first kappa shape index (κ1) is 13.0. The van der Waals surface area contributed by atoms with Gasteiger partial charge in [-0.15, -0.1) is 0 Å². The molecule has 0 aliphatic carbocycles. The van der Waals surface area contributed by atoms with Gasteiger partial charge in [0.1, 0.15) is 11.0 Å².